The van der Waals surface area contributed by atoms with Crippen LogP contribution in [0.3, 0.4) is 0 Å². The van der Waals surface area contributed by atoms with Gasteiger partial charge in [0.25, 0.3) is 0 Å². The smallest absolute Gasteiger partial charge is 0.106 e. The molecule has 116 valence electrons. The molecule has 1 fully saturated rings. The molecule has 2 unspecified atom stereocenters. The van der Waals surface area contributed by atoms with Crippen molar-refractivity contribution in [2.75, 3.05) is 0 Å². The Bertz CT molecular complexity index is 515. The Labute approximate surface area is 129 Å². The van der Waals surface area contributed by atoms with Crippen LogP contribution in [-0.2, 0) is 0 Å². The fourth-order valence-corrected chi connectivity index (χ4v) is 6.53. The van der Waals surface area contributed by atoms with Crippen LogP contribution in [0.25, 0.3) is 0 Å². The molecule has 2 heterocycles. The number of rotatable bonds is 4. The third kappa shape index (κ3) is 2.84. The standard InChI is InChI=1S/C17H26N2OS/c1-2-17(20)21(19-11-10-18-14-19)12-9-16(13-21)15-7-5-3-4-6-8-15/h9-15,17,20H,2-8H2,1H3. The molecule has 3 rings (SSSR count). The van der Waals surface area contributed by atoms with E-state index in [0.29, 0.717) is 5.92 Å². The summed E-state index contributed by atoms with van der Waals surface area (Å²) in [6.07, 6.45) is 16.8. The molecule has 1 aromatic rings. The number of imidazole rings is 1. The minimum atomic E-state index is -1.47. The summed E-state index contributed by atoms with van der Waals surface area (Å²) in [5.41, 5.74) is 1.12. The molecule has 1 aromatic heterocycles. The first kappa shape index (κ1) is 14.9. The zero-order valence-corrected chi connectivity index (χ0v) is 13.6. The molecule has 0 saturated heterocycles. The van der Waals surface area contributed by atoms with E-state index in [-0.39, 0.29) is 5.44 Å². The number of hydrogen-bond donors (Lipinski definition) is 1. The van der Waals surface area contributed by atoms with Gasteiger partial charge in [0.2, 0.25) is 0 Å². The van der Waals surface area contributed by atoms with Gasteiger partial charge < -0.3 is 5.11 Å². The van der Waals surface area contributed by atoms with Gasteiger partial charge in [-0.25, -0.2) is 4.98 Å². The molecule has 0 aromatic carbocycles. The molecular formula is C17H26N2OS. The quantitative estimate of drug-likeness (QED) is 0.828. The number of aliphatic hydroxyl groups excluding tert-OH is 1. The molecular weight excluding hydrogens is 280 g/mol. The molecule has 1 aliphatic heterocycles. The van der Waals surface area contributed by atoms with Gasteiger partial charge in [-0.1, -0.05) is 48.9 Å². The predicted molar refractivity (Wildman–Crippen MR) is 89.9 cm³/mol. The first-order chi connectivity index (χ1) is 10.3. The molecule has 2 atom stereocenters. The Morgan fingerprint density at radius 1 is 1.33 bits per heavy atom. The molecule has 4 heteroatoms. The van der Waals surface area contributed by atoms with Crippen molar-refractivity contribution in [3.63, 3.8) is 0 Å². The normalized spacial score (nSPS) is 31.4. The van der Waals surface area contributed by atoms with E-state index < -0.39 is 10.2 Å². The molecule has 1 aliphatic carbocycles. The van der Waals surface area contributed by atoms with E-state index in [0.717, 1.165) is 6.42 Å². The second kappa shape index (κ2) is 6.41. The summed E-state index contributed by atoms with van der Waals surface area (Å²) in [6.45, 7) is 2.06. The lowest BCUT2D eigenvalue weighted by atomic mass is 9.93. The zero-order valence-electron chi connectivity index (χ0n) is 12.8. The van der Waals surface area contributed by atoms with Crippen LogP contribution in [0, 0.1) is 5.92 Å². The molecule has 1 N–H and O–H groups in total. The van der Waals surface area contributed by atoms with E-state index in [1.165, 1.54) is 44.1 Å². The van der Waals surface area contributed by atoms with Crippen LogP contribution in [0.4, 0.5) is 0 Å². The summed E-state index contributed by atoms with van der Waals surface area (Å²) in [5.74, 6) is 0.686. The third-order valence-corrected chi connectivity index (χ3v) is 8.13. The van der Waals surface area contributed by atoms with Gasteiger partial charge in [0.1, 0.15) is 11.8 Å². The van der Waals surface area contributed by atoms with Gasteiger partial charge in [0.15, 0.2) is 0 Å². The highest BCUT2D eigenvalue weighted by molar-refractivity contribution is 8.37. The first-order valence-electron chi connectivity index (χ1n) is 8.15. The Morgan fingerprint density at radius 2 is 2.10 bits per heavy atom. The Morgan fingerprint density at radius 3 is 2.71 bits per heavy atom. The summed E-state index contributed by atoms with van der Waals surface area (Å²) in [7, 11) is -1.47. The Kier molecular flexibility index (Phi) is 4.55. The molecule has 0 spiro atoms. The van der Waals surface area contributed by atoms with E-state index in [1.54, 1.807) is 0 Å². The van der Waals surface area contributed by atoms with Gasteiger partial charge in [0, 0.05) is 12.4 Å². The van der Waals surface area contributed by atoms with Gasteiger partial charge in [-0.2, -0.15) is 0 Å². The minimum Gasteiger partial charge on any atom is -0.382 e. The fraction of sp³-hybridized carbons (Fsp3) is 0.588. The Hall–Kier alpha value is -1.00. The number of hydrogen-bond acceptors (Lipinski definition) is 2. The van der Waals surface area contributed by atoms with Crippen molar-refractivity contribution in [2.24, 2.45) is 5.92 Å². The van der Waals surface area contributed by atoms with E-state index in [2.05, 4.69) is 32.8 Å². The SMILES string of the molecule is CCC(O)S1(n2ccnc2)C=CC(C2CCCCCC2)=C1. The molecule has 2 aliphatic rings. The fourth-order valence-electron chi connectivity index (χ4n) is 3.47. The van der Waals surface area contributed by atoms with Crippen molar-refractivity contribution in [2.45, 2.75) is 57.3 Å². The van der Waals surface area contributed by atoms with E-state index in [1.807, 2.05) is 18.7 Å². The van der Waals surface area contributed by atoms with Crippen LogP contribution >= 0.6 is 10.2 Å². The molecule has 3 nitrogen and oxygen atoms in total. The lowest BCUT2D eigenvalue weighted by Gasteiger charge is -2.37. The molecule has 0 radical (unpaired) electrons. The van der Waals surface area contributed by atoms with E-state index >= 15 is 0 Å². The van der Waals surface area contributed by atoms with Gasteiger partial charge >= 0.3 is 0 Å². The van der Waals surface area contributed by atoms with Gasteiger partial charge in [-0.15, -0.1) is 0 Å². The third-order valence-electron chi connectivity index (χ3n) is 4.76. The highest BCUT2D eigenvalue weighted by atomic mass is 32.3. The van der Waals surface area contributed by atoms with E-state index in [4.69, 9.17) is 0 Å². The van der Waals surface area contributed by atoms with Crippen LogP contribution in [0.5, 0.6) is 0 Å². The molecule has 21 heavy (non-hydrogen) atoms. The van der Waals surface area contributed by atoms with Crippen molar-refractivity contribution in [1.29, 1.82) is 0 Å². The summed E-state index contributed by atoms with van der Waals surface area (Å²) in [5, 5.41) is 15.3. The van der Waals surface area contributed by atoms with Crippen molar-refractivity contribution in [1.82, 2.24) is 8.96 Å². The van der Waals surface area contributed by atoms with Crippen molar-refractivity contribution in [3.05, 3.63) is 41.2 Å². The monoisotopic (exact) mass is 306 g/mol. The van der Waals surface area contributed by atoms with Crippen LogP contribution < -0.4 is 0 Å². The second-order valence-electron chi connectivity index (χ2n) is 6.12. The van der Waals surface area contributed by atoms with Crippen LogP contribution in [0.2, 0.25) is 0 Å². The summed E-state index contributed by atoms with van der Waals surface area (Å²) in [4.78, 5) is 4.19. The lowest BCUT2D eigenvalue weighted by Crippen LogP contribution is -2.18. The van der Waals surface area contributed by atoms with Gasteiger partial charge in [0.05, 0.1) is 0 Å². The lowest BCUT2D eigenvalue weighted by molar-refractivity contribution is 0.255. The molecule has 1 saturated carbocycles. The van der Waals surface area contributed by atoms with Crippen LogP contribution in [-0.4, -0.2) is 19.5 Å². The maximum Gasteiger partial charge on any atom is 0.106 e. The highest BCUT2D eigenvalue weighted by Crippen LogP contribution is 2.61. The largest absolute Gasteiger partial charge is 0.382 e. The van der Waals surface area contributed by atoms with Crippen molar-refractivity contribution in [3.8, 4) is 0 Å². The summed E-state index contributed by atoms with van der Waals surface area (Å²) < 4.78 is 2.13. The maximum atomic E-state index is 10.6. The number of aromatic nitrogens is 2. The summed E-state index contributed by atoms with van der Waals surface area (Å²) in [6, 6.07) is 0. The maximum absolute atomic E-state index is 10.6. The topological polar surface area (TPSA) is 38.0 Å². The Balaban J connectivity index is 1.91. The van der Waals surface area contributed by atoms with E-state index in [9.17, 15) is 5.11 Å². The molecule has 0 amide bonds. The van der Waals surface area contributed by atoms with Crippen LogP contribution in [0.15, 0.2) is 41.2 Å². The minimum absolute atomic E-state index is 0.328. The van der Waals surface area contributed by atoms with Crippen LogP contribution in [0.1, 0.15) is 51.9 Å². The average molecular weight is 306 g/mol. The number of aliphatic hydroxyl groups is 1. The predicted octanol–water partition coefficient (Wildman–Crippen LogP) is 4.56. The number of allylic oxidation sites excluding steroid dienone is 2. The van der Waals surface area contributed by atoms with Gasteiger partial charge in [-0.05, 0) is 41.6 Å². The van der Waals surface area contributed by atoms with Crippen molar-refractivity contribution >= 4 is 10.2 Å². The highest BCUT2D eigenvalue weighted by Gasteiger charge is 2.33. The first-order valence-corrected chi connectivity index (χ1v) is 9.92. The van der Waals surface area contributed by atoms with Gasteiger partial charge in [-0.3, -0.25) is 3.97 Å². The average Bonchev–Trinajstić information content (AvgIpc) is 3.12. The van der Waals surface area contributed by atoms with Crippen molar-refractivity contribution < 1.29 is 5.11 Å². The second-order valence-corrected chi connectivity index (χ2v) is 9.04. The number of nitrogens with zero attached hydrogens (tertiary/aromatic N) is 2. The molecule has 0 bridgehead atoms. The zero-order chi connectivity index (χ0) is 14.7. The summed E-state index contributed by atoms with van der Waals surface area (Å²) >= 11 is 0.